The number of halogens is 2. The van der Waals surface area contributed by atoms with Crippen molar-refractivity contribution in [2.75, 3.05) is 24.5 Å². The number of carbonyl (C=O) groups is 1. The van der Waals surface area contributed by atoms with Crippen LogP contribution in [0.2, 0.25) is 0 Å². The summed E-state index contributed by atoms with van der Waals surface area (Å²) in [4.78, 5) is 18.7. The van der Waals surface area contributed by atoms with Crippen molar-refractivity contribution in [3.8, 4) is 0 Å². The van der Waals surface area contributed by atoms with Gasteiger partial charge in [-0.25, -0.2) is 8.78 Å². The van der Waals surface area contributed by atoms with E-state index in [1.807, 2.05) is 24.3 Å². The van der Waals surface area contributed by atoms with E-state index in [2.05, 4.69) is 15.2 Å². The molecular formula is C20H19F2N3O2. The molecule has 1 aliphatic rings. The molecule has 0 aliphatic carbocycles. The highest BCUT2D eigenvalue weighted by atomic mass is 19.1. The van der Waals surface area contributed by atoms with Crippen LogP contribution in [0.15, 0.2) is 46.9 Å². The van der Waals surface area contributed by atoms with Crippen LogP contribution in [0.25, 0.3) is 11.1 Å². The van der Waals surface area contributed by atoms with Crippen LogP contribution in [0.5, 0.6) is 0 Å². The Morgan fingerprint density at radius 3 is 2.70 bits per heavy atom. The number of piperidine rings is 1. The average molecular weight is 371 g/mol. The zero-order chi connectivity index (χ0) is 18.8. The fourth-order valence-corrected chi connectivity index (χ4v) is 3.33. The van der Waals surface area contributed by atoms with Crippen molar-refractivity contribution in [2.24, 2.45) is 5.92 Å². The van der Waals surface area contributed by atoms with Crippen molar-refractivity contribution in [3.05, 3.63) is 59.7 Å². The second kappa shape index (κ2) is 7.34. The van der Waals surface area contributed by atoms with Crippen LogP contribution in [-0.2, 0) is 0 Å². The molecule has 0 radical (unpaired) electrons. The molecule has 0 bridgehead atoms. The zero-order valence-corrected chi connectivity index (χ0v) is 14.6. The maximum Gasteiger partial charge on any atom is 0.298 e. The number of hydrogen-bond acceptors (Lipinski definition) is 4. The summed E-state index contributed by atoms with van der Waals surface area (Å²) in [6.07, 6.45) is 1.73. The first kappa shape index (κ1) is 17.5. The first-order valence-electron chi connectivity index (χ1n) is 8.94. The molecule has 140 valence electrons. The highest BCUT2D eigenvalue weighted by Gasteiger charge is 2.23. The van der Waals surface area contributed by atoms with Crippen LogP contribution in [0.1, 0.15) is 23.2 Å². The molecule has 7 heteroatoms. The summed E-state index contributed by atoms with van der Waals surface area (Å²) >= 11 is 0. The Morgan fingerprint density at radius 1 is 1.19 bits per heavy atom. The number of hydrogen-bond donors (Lipinski definition) is 1. The molecule has 27 heavy (non-hydrogen) atoms. The number of rotatable bonds is 4. The normalized spacial score (nSPS) is 15.3. The third-order valence-corrected chi connectivity index (χ3v) is 4.89. The lowest BCUT2D eigenvalue weighted by atomic mass is 9.97. The maximum absolute atomic E-state index is 13.7. The Bertz CT molecular complexity index is 932. The fraction of sp³-hybridized carbons (Fsp3) is 0.300. The zero-order valence-electron chi connectivity index (χ0n) is 14.6. The van der Waals surface area contributed by atoms with Crippen LogP contribution in [0.3, 0.4) is 0 Å². The third-order valence-electron chi connectivity index (χ3n) is 4.89. The number of amides is 1. The Morgan fingerprint density at radius 2 is 1.96 bits per heavy atom. The second-order valence-corrected chi connectivity index (χ2v) is 6.73. The van der Waals surface area contributed by atoms with Crippen LogP contribution < -0.4 is 10.2 Å². The Balaban J connectivity index is 1.31. The van der Waals surface area contributed by atoms with Gasteiger partial charge in [0, 0.05) is 25.7 Å². The van der Waals surface area contributed by atoms with Gasteiger partial charge in [0.15, 0.2) is 5.58 Å². The highest BCUT2D eigenvalue weighted by Crippen LogP contribution is 2.26. The number of benzene rings is 2. The molecule has 0 unspecified atom stereocenters. The van der Waals surface area contributed by atoms with Gasteiger partial charge in [-0.05, 0) is 43.0 Å². The van der Waals surface area contributed by atoms with Crippen molar-refractivity contribution in [1.82, 2.24) is 10.3 Å². The monoisotopic (exact) mass is 371 g/mol. The van der Waals surface area contributed by atoms with Gasteiger partial charge in [0.2, 0.25) is 0 Å². The SMILES string of the molecule is O=C(NCC1CCN(c2nc3ccccc3o2)CC1)c1ccc(F)cc1F. The number of anilines is 1. The summed E-state index contributed by atoms with van der Waals surface area (Å²) < 4.78 is 32.4. The minimum atomic E-state index is -0.849. The minimum Gasteiger partial charge on any atom is -0.423 e. The standard InChI is InChI=1S/C20H19F2N3O2/c21-14-5-6-15(16(22)11-14)19(26)23-12-13-7-9-25(10-8-13)20-24-17-3-1-2-4-18(17)27-20/h1-6,11,13H,7-10,12H2,(H,23,26). The minimum absolute atomic E-state index is 0.139. The highest BCUT2D eigenvalue weighted by molar-refractivity contribution is 5.94. The molecule has 1 aliphatic heterocycles. The molecular weight excluding hydrogens is 352 g/mol. The summed E-state index contributed by atoms with van der Waals surface area (Å²) in [6.45, 7) is 2.01. The van der Waals surface area contributed by atoms with Gasteiger partial charge in [-0.15, -0.1) is 0 Å². The lowest BCUT2D eigenvalue weighted by Gasteiger charge is -2.30. The van der Waals surface area contributed by atoms with Crippen LogP contribution in [-0.4, -0.2) is 30.5 Å². The van der Waals surface area contributed by atoms with Gasteiger partial charge in [0.25, 0.3) is 11.9 Å². The third kappa shape index (κ3) is 3.77. The second-order valence-electron chi connectivity index (χ2n) is 6.73. The summed E-state index contributed by atoms with van der Waals surface area (Å²) in [5.41, 5.74) is 1.46. The van der Waals surface area contributed by atoms with E-state index >= 15 is 0 Å². The van der Waals surface area contributed by atoms with Gasteiger partial charge in [-0.2, -0.15) is 4.98 Å². The van der Waals surface area contributed by atoms with Gasteiger partial charge in [0.05, 0.1) is 5.56 Å². The number of oxazole rings is 1. The Labute approximate surface area is 155 Å². The van der Waals surface area contributed by atoms with E-state index < -0.39 is 17.5 Å². The number of nitrogens with zero attached hydrogens (tertiary/aromatic N) is 2. The van der Waals surface area contributed by atoms with Gasteiger partial charge in [0.1, 0.15) is 17.2 Å². The lowest BCUT2D eigenvalue weighted by molar-refractivity contribution is 0.0940. The van der Waals surface area contributed by atoms with Crippen molar-refractivity contribution in [2.45, 2.75) is 12.8 Å². The van der Waals surface area contributed by atoms with E-state index in [0.717, 1.165) is 49.2 Å². The molecule has 4 rings (SSSR count). The fourth-order valence-electron chi connectivity index (χ4n) is 3.33. The van der Waals surface area contributed by atoms with E-state index in [1.165, 1.54) is 0 Å². The van der Waals surface area contributed by atoms with E-state index in [4.69, 9.17) is 4.42 Å². The smallest absolute Gasteiger partial charge is 0.298 e. The number of fused-ring (bicyclic) bond motifs is 1. The van der Waals surface area contributed by atoms with Gasteiger partial charge in [-0.1, -0.05) is 12.1 Å². The van der Waals surface area contributed by atoms with Crippen LogP contribution >= 0.6 is 0 Å². The van der Waals surface area contributed by atoms with Crippen LogP contribution in [0, 0.1) is 17.6 Å². The molecule has 2 aromatic carbocycles. The largest absolute Gasteiger partial charge is 0.423 e. The quantitative estimate of drug-likeness (QED) is 0.759. The summed E-state index contributed by atoms with van der Waals surface area (Å²) in [5, 5.41) is 2.75. The number of para-hydroxylation sites is 2. The molecule has 2 heterocycles. The summed E-state index contributed by atoms with van der Waals surface area (Å²) in [5.74, 6) is -1.78. The van der Waals surface area contributed by atoms with Gasteiger partial charge >= 0.3 is 0 Å². The molecule has 3 aromatic rings. The van der Waals surface area contributed by atoms with Crippen molar-refractivity contribution in [3.63, 3.8) is 0 Å². The predicted molar refractivity (Wildman–Crippen MR) is 97.6 cm³/mol. The molecule has 0 atom stereocenters. The predicted octanol–water partition coefficient (Wildman–Crippen LogP) is 3.75. The maximum atomic E-state index is 13.7. The summed E-state index contributed by atoms with van der Waals surface area (Å²) in [6, 6.07) is 11.2. The molecule has 1 amide bonds. The average Bonchev–Trinajstić information content (AvgIpc) is 3.11. The topological polar surface area (TPSA) is 58.4 Å². The molecule has 0 saturated carbocycles. The van der Waals surface area contributed by atoms with Crippen molar-refractivity contribution in [1.29, 1.82) is 0 Å². The van der Waals surface area contributed by atoms with Crippen molar-refractivity contribution < 1.29 is 18.0 Å². The molecule has 1 aromatic heterocycles. The number of carbonyl (C=O) groups excluding carboxylic acids is 1. The molecule has 1 N–H and O–H groups in total. The molecule has 1 saturated heterocycles. The summed E-state index contributed by atoms with van der Waals surface area (Å²) in [7, 11) is 0. The Kier molecular flexibility index (Phi) is 4.75. The number of aromatic nitrogens is 1. The van der Waals surface area contributed by atoms with Gasteiger partial charge < -0.3 is 14.6 Å². The van der Waals surface area contributed by atoms with E-state index in [-0.39, 0.29) is 11.5 Å². The first-order chi connectivity index (χ1) is 13.1. The van der Waals surface area contributed by atoms with E-state index in [9.17, 15) is 13.6 Å². The van der Waals surface area contributed by atoms with E-state index in [0.29, 0.717) is 18.6 Å². The van der Waals surface area contributed by atoms with E-state index in [1.54, 1.807) is 0 Å². The van der Waals surface area contributed by atoms with Gasteiger partial charge in [-0.3, -0.25) is 4.79 Å². The molecule has 5 nitrogen and oxygen atoms in total. The van der Waals surface area contributed by atoms with Crippen molar-refractivity contribution >= 4 is 23.0 Å². The first-order valence-corrected chi connectivity index (χ1v) is 8.94. The molecule has 0 spiro atoms. The lowest BCUT2D eigenvalue weighted by Crippen LogP contribution is -2.39. The van der Waals surface area contributed by atoms with Crippen LogP contribution in [0.4, 0.5) is 14.8 Å². The number of nitrogens with one attached hydrogen (secondary N) is 1. The molecule has 1 fully saturated rings. The Hall–Kier alpha value is -2.96.